The molecular weight excluding hydrogens is 523 g/mol. The highest BCUT2D eigenvalue weighted by Gasteiger charge is 2.53. The second-order valence-corrected chi connectivity index (χ2v) is 12.1. The zero-order valence-electron chi connectivity index (χ0n) is 24.2. The fourth-order valence-corrected chi connectivity index (χ4v) is 6.50. The van der Waals surface area contributed by atoms with Gasteiger partial charge >= 0.3 is 19.8 Å². The lowest BCUT2D eigenvalue weighted by molar-refractivity contribution is -0.151. The van der Waals surface area contributed by atoms with Crippen molar-refractivity contribution in [2.45, 2.75) is 93.1 Å². The summed E-state index contributed by atoms with van der Waals surface area (Å²) in [4.78, 5) is 51.0. The molecule has 0 aromatic heterocycles. The number of hydrogen-bond donors (Lipinski definition) is 0. The first kappa shape index (κ1) is 32.9. The number of fused-ring (bicyclic) bond motifs is 1. The van der Waals surface area contributed by atoms with E-state index in [-0.39, 0.29) is 55.3 Å². The van der Waals surface area contributed by atoms with Crippen molar-refractivity contribution in [3.05, 3.63) is 34.4 Å². The largest absolute Gasteiger partial charge is 0.532 e. The van der Waals surface area contributed by atoms with Crippen molar-refractivity contribution in [3.63, 3.8) is 0 Å². The molecule has 0 N–H and O–H groups in total. The van der Waals surface area contributed by atoms with E-state index in [0.717, 1.165) is 19.3 Å². The van der Waals surface area contributed by atoms with Crippen molar-refractivity contribution in [3.8, 4) is 0 Å². The van der Waals surface area contributed by atoms with Crippen LogP contribution in [0.1, 0.15) is 87.0 Å². The predicted molar refractivity (Wildman–Crippen MR) is 147 cm³/mol. The van der Waals surface area contributed by atoms with E-state index in [9.17, 15) is 23.7 Å². The molecule has 2 rings (SSSR count). The number of ketones is 1. The Kier molecular flexibility index (Phi) is 12.1. The Morgan fingerprint density at radius 1 is 1.15 bits per heavy atom. The number of esters is 1. The summed E-state index contributed by atoms with van der Waals surface area (Å²) in [6.07, 6.45) is 6.78. The number of phosphoric acid groups is 1. The number of unbranched alkanes of at least 4 members (excludes halogenated alkanes) is 1. The van der Waals surface area contributed by atoms with Gasteiger partial charge in [0.25, 0.3) is 0 Å². The van der Waals surface area contributed by atoms with E-state index in [4.69, 9.17) is 18.3 Å². The van der Waals surface area contributed by atoms with Gasteiger partial charge in [0.2, 0.25) is 0 Å². The first-order valence-corrected chi connectivity index (χ1v) is 15.2. The number of allylic oxidation sites excluding steroid dienone is 4. The maximum absolute atomic E-state index is 13.4. The molecule has 1 fully saturated rings. The molecule has 0 aliphatic heterocycles. The average Bonchev–Trinajstić information content (AvgIpc) is 2.87. The van der Waals surface area contributed by atoms with Crippen molar-refractivity contribution >= 4 is 31.8 Å². The van der Waals surface area contributed by atoms with Gasteiger partial charge < -0.3 is 9.26 Å². The second-order valence-electron chi connectivity index (χ2n) is 10.5. The van der Waals surface area contributed by atoms with E-state index in [1.807, 2.05) is 6.08 Å². The van der Waals surface area contributed by atoms with Crippen LogP contribution in [0.15, 0.2) is 34.4 Å². The zero-order chi connectivity index (χ0) is 29.4. The molecule has 0 heterocycles. The van der Waals surface area contributed by atoms with Crippen LogP contribution < -0.4 is 0 Å². The summed E-state index contributed by atoms with van der Waals surface area (Å²) < 4.78 is 34.4. The zero-order valence-corrected chi connectivity index (χ0v) is 25.1. The first-order chi connectivity index (χ1) is 18.3. The molecule has 10 heteroatoms. The molecule has 4 atom stereocenters. The molecule has 2 aliphatic rings. The van der Waals surface area contributed by atoms with Crippen molar-refractivity contribution in [2.75, 3.05) is 13.2 Å². The number of aldehydes is 1. The minimum Gasteiger partial charge on any atom is -0.454 e. The first-order valence-electron chi connectivity index (χ1n) is 13.8. The van der Waals surface area contributed by atoms with Crippen molar-refractivity contribution < 1.29 is 42.1 Å². The Hall–Kier alpha value is -2.35. The van der Waals surface area contributed by atoms with E-state index in [0.29, 0.717) is 17.4 Å². The Balaban J connectivity index is 2.43. The van der Waals surface area contributed by atoms with Crippen LogP contribution in [0.3, 0.4) is 0 Å². The Labute approximate surface area is 232 Å². The standard InChI is InChI=1S/C29H43O9P/c1-8-11-12-19(4)15-20(5)27(32)37-26-14-13-23(28(33)38-39(34,35-9-2)36-10-3)29(7)17-22(21(6)18-30)25(31)16-24(26)29/h15-16,18-19,23,26H,8-14,17H2,1-7H3/b20-15+,22-21+/t19?,23-,26-,29-/m1/s1. The molecule has 1 unspecified atom stereocenters. The van der Waals surface area contributed by atoms with Crippen molar-refractivity contribution in [2.24, 2.45) is 17.3 Å². The lowest BCUT2D eigenvalue weighted by atomic mass is 9.57. The summed E-state index contributed by atoms with van der Waals surface area (Å²) in [5.74, 6) is -2.27. The van der Waals surface area contributed by atoms with Crippen LogP contribution in [0.5, 0.6) is 0 Å². The third-order valence-corrected chi connectivity index (χ3v) is 9.01. The Morgan fingerprint density at radius 3 is 2.36 bits per heavy atom. The molecule has 0 amide bonds. The van der Waals surface area contributed by atoms with Gasteiger partial charge in [-0.1, -0.05) is 39.7 Å². The van der Waals surface area contributed by atoms with Gasteiger partial charge in [-0.05, 0) is 76.5 Å². The minimum absolute atomic E-state index is 0.0134. The van der Waals surface area contributed by atoms with Gasteiger partial charge in [-0.25, -0.2) is 9.36 Å². The van der Waals surface area contributed by atoms with Crippen LogP contribution in [0.25, 0.3) is 0 Å². The quantitative estimate of drug-likeness (QED) is 0.111. The molecule has 0 aromatic rings. The van der Waals surface area contributed by atoms with Crippen molar-refractivity contribution in [1.82, 2.24) is 0 Å². The Bertz CT molecular complexity index is 1080. The number of rotatable bonds is 13. The average molecular weight is 567 g/mol. The molecule has 0 aromatic carbocycles. The molecule has 0 bridgehead atoms. The highest BCUT2D eigenvalue weighted by atomic mass is 31.2. The third kappa shape index (κ3) is 8.09. The monoisotopic (exact) mass is 566 g/mol. The van der Waals surface area contributed by atoms with Gasteiger partial charge in [0.05, 0.1) is 19.1 Å². The molecule has 218 valence electrons. The fraction of sp³-hybridized carbons (Fsp3) is 0.655. The molecule has 39 heavy (non-hydrogen) atoms. The number of ether oxygens (including phenoxy) is 1. The van der Waals surface area contributed by atoms with E-state index in [2.05, 4.69) is 13.8 Å². The van der Waals surface area contributed by atoms with Gasteiger partial charge in [-0.2, -0.15) is 0 Å². The van der Waals surface area contributed by atoms with Gasteiger partial charge in [0, 0.05) is 16.6 Å². The van der Waals surface area contributed by atoms with Crippen LogP contribution >= 0.6 is 7.82 Å². The van der Waals surface area contributed by atoms with Gasteiger partial charge in [-0.15, -0.1) is 0 Å². The summed E-state index contributed by atoms with van der Waals surface area (Å²) in [6.45, 7) is 12.4. The number of carbonyl (C=O) groups is 4. The molecule has 0 saturated heterocycles. The van der Waals surface area contributed by atoms with Crippen LogP contribution in [0.4, 0.5) is 0 Å². The maximum atomic E-state index is 13.4. The molecule has 2 aliphatic carbocycles. The van der Waals surface area contributed by atoms with Crippen LogP contribution in [-0.4, -0.2) is 43.3 Å². The summed E-state index contributed by atoms with van der Waals surface area (Å²) in [5, 5.41) is 0. The molecule has 0 spiro atoms. The number of phosphoric ester groups is 1. The lowest BCUT2D eigenvalue weighted by Crippen LogP contribution is -2.47. The molecule has 0 radical (unpaired) electrons. The third-order valence-electron chi connectivity index (χ3n) is 7.45. The summed E-state index contributed by atoms with van der Waals surface area (Å²) in [6, 6.07) is 0. The number of hydrogen-bond acceptors (Lipinski definition) is 9. The summed E-state index contributed by atoms with van der Waals surface area (Å²) in [5.41, 5.74) is 0.460. The van der Waals surface area contributed by atoms with Crippen LogP contribution in [0.2, 0.25) is 0 Å². The maximum Gasteiger partial charge on any atom is 0.532 e. The van der Waals surface area contributed by atoms with E-state index < -0.39 is 37.2 Å². The topological polar surface area (TPSA) is 122 Å². The summed E-state index contributed by atoms with van der Waals surface area (Å²) >= 11 is 0. The SMILES string of the molecule is CCCCC(C)/C=C(\C)C(=O)O[C@@H]1CC[C@H](C(=O)OP(=O)(OCC)OCC)[C@@]2(C)C/C(=C(/C)C=O)C(=O)C=C12. The Morgan fingerprint density at radius 2 is 1.79 bits per heavy atom. The smallest absolute Gasteiger partial charge is 0.454 e. The fourth-order valence-electron chi connectivity index (χ4n) is 5.34. The van der Waals surface area contributed by atoms with Crippen LogP contribution in [-0.2, 0) is 42.1 Å². The second kappa shape index (κ2) is 14.3. The van der Waals surface area contributed by atoms with E-state index in [1.54, 1.807) is 34.6 Å². The van der Waals surface area contributed by atoms with Crippen molar-refractivity contribution in [1.29, 1.82) is 0 Å². The molecule has 9 nitrogen and oxygen atoms in total. The molecule has 1 saturated carbocycles. The minimum atomic E-state index is -4.14. The number of carbonyl (C=O) groups excluding carboxylic acids is 4. The van der Waals surface area contributed by atoms with Gasteiger partial charge in [-0.3, -0.25) is 23.4 Å². The normalized spacial score (nSPS) is 25.8. The highest BCUT2D eigenvalue weighted by Crippen LogP contribution is 2.56. The highest BCUT2D eigenvalue weighted by molar-refractivity contribution is 7.49. The van der Waals surface area contributed by atoms with Gasteiger partial charge in [0.15, 0.2) is 5.78 Å². The lowest BCUT2D eigenvalue weighted by Gasteiger charge is -2.47. The molecular formula is C29H43O9P. The van der Waals surface area contributed by atoms with E-state index >= 15 is 0 Å². The van der Waals surface area contributed by atoms with Crippen LogP contribution in [0, 0.1) is 17.3 Å². The predicted octanol–water partition coefficient (Wildman–Crippen LogP) is 6.23. The van der Waals surface area contributed by atoms with Gasteiger partial charge in [0.1, 0.15) is 12.4 Å². The van der Waals surface area contributed by atoms with E-state index in [1.165, 1.54) is 6.08 Å². The summed E-state index contributed by atoms with van der Waals surface area (Å²) in [7, 11) is -4.14.